The molecule has 8 nitrogen and oxygen atoms in total. The van der Waals surface area contributed by atoms with E-state index < -0.39 is 33.0 Å². The van der Waals surface area contributed by atoms with Crippen molar-refractivity contribution in [2.45, 2.75) is 25.2 Å². The number of methoxy groups -OCH3 is 1. The number of carbonyl (C=O) groups is 3. The molecule has 1 aliphatic rings. The quantitative estimate of drug-likeness (QED) is 0.377. The number of esters is 1. The van der Waals surface area contributed by atoms with Crippen molar-refractivity contribution in [2.75, 3.05) is 13.7 Å². The number of aromatic hydroxyl groups is 1. The standard InChI is InChI=1S/C23H24N2O6Se/c1-4-31-21(27)19-16(12-32-22(28)14-7-5-13(2)6-8-14)24-23(29)25-20(19)15-9-10-17(26)18(11-15)30-3/h5-11,20,26H,4,12H2,1-3H3,(H2,24,25,29). The van der Waals surface area contributed by atoms with Gasteiger partial charge in [0, 0.05) is 0 Å². The van der Waals surface area contributed by atoms with Crippen LogP contribution in [0.25, 0.3) is 0 Å². The van der Waals surface area contributed by atoms with Crippen LogP contribution in [-0.2, 0) is 9.53 Å². The molecule has 1 atom stereocenters. The number of phenols is 1. The summed E-state index contributed by atoms with van der Waals surface area (Å²) in [6.07, 6.45) is 0. The van der Waals surface area contributed by atoms with Crippen LogP contribution in [0.4, 0.5) is 4.79 Å². The average Bonchev–Trinajstić information content (AvgIpc) is 2.78. The van der Waals surface area contributed by atoms with Crippen LogP contribution in [0.15, 0.2) is 53.7 Å². The first kappa shape index (κ1) is 23.4. The zero-order chi connectivity index (χ0) is 23.3. The monoisotopic (exact) mass is 504 g/mol. The minimum atomic E-state index is -0.822. The Balaban J connectivity index is 1.95. The van der Waals surface area contributed by atoms with Gasteiger partial charge in [-0.15, -0.1) is 0 Å². The number of hydrogen-bond acceptors (Lipinski definition) is 6. The zero-order valence-electron chi connectivity index (χ0n) is 17.9. The molecule has 2 aromatic carbocycles. The van der Waals surface area contributed by atoms with Crippen LogP contribution in [0.2, 0.25) is 5.32 Å². The second kappa shape index (κ2) is 10.3. The molecule has 0 radical (unpaired) electrons. The molecule has 3 N–H and O–H groups in total. The van der Waals surface area contributed by atoms with E-state index in [1.807, 2.05) is 19.1 Å². The second-order valence-electron chi connectivity index (χ2n) is 7.02. The van der Waals surface area contributed by atoms with Gasteiger partial charge in [0.2, 0.25) is 0 Å². The third-order valence-electron chi connectivity index (χ3n) is 4.82. The molecule has 0 fully saturated rings. The number of allylic oxidation sites excluding steroid dienone is 1. The van der Waals surface area contributed by atoms with Crippen LogP contribution in [0.3, 0.4) is 0 Å². The fourth-order valence-electron chi connectivity index (χ4n) is 3.22. The normalized spacial score (nSPS) is 15.6. The van der Waals surface area contributed by atoms with Crippen LogP contribution < -0.4 is 15.4 Å². The number of benzene rings is 2. The van der Waals surface area contributed by atoms with E-state index in [1.54, 1.807) is 31.2 Å². The number of phenolic OH excluding ortho intramolecular Hbond substituents is 1. The first-order valence-corrected chi connectivity index (χ1v) is 12.0. The number of ether oxygens (including phenoxy) is 2. The summed E-state index contributed by atoms with van der Waals surface area (Å²) >= 11 is -0.551. The van der Waals surface area contributed by atoms with Gasteiger partial charge in [0.25, 0.3) is 0 Å². The molecule has 168 valence electrons. The van der Waals surface area contributed by atoms with Gasteiger partial charge in [0.05, 0.1) is 0 Å². The fourth-order valence-corrected chi connectivity index (χ4v) is 4.91. The van der Waals surface area contributed by atoms with Crippen LogP contribution >= 0.6 is 0 Å². The molecule has 2 amide bonds. The Morgan fingerprint density at radius 3 is 2.53 bits per heavy atom. The van der Waals surface area contributed by atoms with Gasteiger partial charge in [-0.3, -0.25) is 0 Å². The van der Waals surface area contributed by atoms with Crippen molar-refractivity contribution in [1.29, 1.82) is 0 Å². The fraction of sp³-hybridized carbons (Fsp3) is 0.261. The predicted molar refractivity (Wildman–Crippen MR) is 119 cm³/mol. The van der Waals surface area contributed by atoms with E-state index in [2.05, 4.69) is 10.6 Å². The molecule has 1 heterocycles. The topological polar surface area (TPSA) is 114 Å². The van der Waals surface area contributed by atoms with Gasteiger partial charge in [-0.1, -0.05) is 0 Å². The van der Waals surface area contributed by atoms with E-state index in [0.717, 1.165) is 5.56 Å². The molecular weight excluding hydrogens is 479 g/mol. The maximum atomic E-state index is 12.8. The summed E-state index contributed by atoms with van der Waals surface area (Å²) in [6, 6.07) is 10.5. The third-order valence-corrected chi connectivity index (χ3v) is 6.77. The molecule has 0 saturated heterocycles. The first-order chi connectivity index (χ1) is 15.3. The Morgan fingerprint density at radius 1 is 1.16 bits per heavy atom. The zero-order valence-corrected chi connectivity index (χ0v) is 19.6. The summed E-state index contributed by atoms with van der Waals surface area (Å²) in [7, 11) is 1.41. The van der Waals surface area contributed by atoms with Crippen LogP contribution in [0.5, 0.6) is 11.5 Å². The van der Waals surface area contributed by atoms with Gasteiger partial charge in [0.1, 0.15) is 0 Å². The van der Waals surface area contributed by atoms with Crippen molar-refractivity contribution < 1.29 is 29.0 Å². The summed E-state index contributed by atoms with van der Waals surface area (Å²) in [5.41, 5.74) is 2.75. The minimum absolute atomic E-state index is 0.0381. The van der Waals surface area contributed by atoms with Crippen molar-refractivity contribution >= 4 is 31.6 Å². The van der Waals surface area contributed by atoms with Crippen LogP contribution in [0.1, 0.15) is 34.5 Å². The third kappa shape index (κ3) is 5.30. The van der Waals surface area contributed by atoms with E-state index in [4.69, 9.17) is 9.47 Å². The Bertz CT molecular complexity index is 1060. The van der Waals surface area contributed by atoms with Gasteiger partial charge < -0.3 is 0 Å². The van der Waals surface area contributed by atoms with Crippen LogP contribution in [-0.4, -0.2) is 50.5 Å². The van der Waals surface area contributed by atoms with Crippen molar-refractivity contribution in [3.63, 3.8) is 0 Å². The number of hydrogen-bond donors (Lipinski definition) is 3. The number of aryl methyl sites for hydroxylation is 1. The van der Waals surface area contributed by atoms with Crippen molar-refractivity contribution in [3.8, 4) is 11.5 Å². The van der Waals surface area contributed by atoms with E-state index in [0.29, 0.717) is 16.8 Å². The second-order valence-corrected chi connectivity index (χ2v) is 9.01. The molecule has 0 aromatic heterocycles. The van der Waals surface area contributed by atoms with E-state index in [-0.39, 0.29) is 33.7 Å². The van der Waals surface area contributed by atoms with Gasteiger partial charge in [-0.25, -0.2) is 0 Å². The summed E-state index contributed by atoms with van der Waals surface area (Å²) < 4.78 is 10.4. The Labute approximate surface area is 192 Å². The average molecular weight is 503 g/mol. The number of carbonyl (C=O) groups excluding carboxylic acids is 3. The van der Waals surface area contributed by atoms with Crippen LogP contribution in [0, 0.1) is 6.92 Å². The van der Waals surface area contributed by atoms with Gasteiger partial charge in [-0.05, 0) is 0 Å². The molecule has 0 aliphatic carbocycles. The maximum absolute atomic E-state index is 12.8. The number of amides is 2. The summed E-state index contributed by atoms with van der Waals surface area (Å²) in [4.78, 5) is 37.9. The Morgan fingerprint density at radius 2 is 1.88 bits per heavy atom. The van der Waals surface area contributed by atoms with E-state index in [9.17, 15) is 19.5 Å². The molecule has 1 unspecified atom stereocenters. The predicted octanol–water partition coefficient (Wildman–Crippen LogP) is 2.84. The van der Waals surface area contributed by atoms with Gasteiger partial charge in [0.15, 0.2) is 0 Å². The van der Waals surface area contributed by atoms with Gasteiger partial charge >= 0.3 is 192 Å². The summed E-state index contributed by atoms with van der Waals surface area (Å²) in [6.45, 7) is 3.79. The summed E-state index contributed by atoms with van der Waals surface area (Å²) in [5, 5.41) is 15.5. The van der Waals surface area contributed by atoms with Gasteiger partial charge in [-0.2, -0.15) is 0 Å². The Kier molecular flexibility index (Phi) is 7.56. The van der Waals surface area contributed by atoms with Crippen molar-refractivity contribution in [3.05, 3.63) is 70.4 Å². The molecule has 9 heteroatoms. The molecule has 3 rings (SSSR count). The molecule has 0 saturated carbocycles. The van der Waals surface area contributed by atoms with E-state index in [1.165, 1.54) is 13.2 Å². The first-order valence-electron chi connectivity index (χ1n) is 9.92. The van der Waals surface area contributed by atoms with Crippen molar-refractivity contribution in [1.82, 2.24) is 10.6 Å². The summed E-state index contributed by atoms with van der Waals surface area (Å²) in [5.74, 6) is -0.449. The molecular formula is C23H24N2O6Se. The number of nitrogens with one attached hydrogen (secondary N) is 2. The SMILES string of the molecule is CCOC(=O)C1=C(C[Se]C(=O)c2ccc(C)cc2)NC(=O)NC1c1ccc(O)c(OC)c1. The molecule has 2 aromatic rings. The molecule has 0 spiro atoms. The number of urea groups is 1. The Hall–Kier alpha value is -3.29. The molecule has 32 heavy (non-hydrogen) atoms. The molecule has 0 bridgehead atoms. The van der Waals surface area contributed by atoms with E-state index >= 15 is 0 Å². The number of rotatable bonds is 8. The molecule has 1 aliphatic heterocycles. The van der Waals surface area contributed by atoms with Crippen molar-refractivity contribution in [2.24, 2.45) is 0 Å².